The summed E-state index contributed by atoms with van der Waals surface area (Å²) < 4.78 is 11.9. The molecular weight excluding hydrogens is 282 g/mol. The second-order valence-corrected chi connectivity index (χ2v) is 5.30. The van der Waals surface area contributed by atoms with Crippen molar-refractivity contribution < 1.29 is 9.47 Å². The van der Waals surface area contributed by atoms with E-state index in [9.17, 15) is 0 Å². The molecule has 94 valence electrons. The normalized spacial score (nSPS) is 22.2. The number of nitrogens with two attached hydrogens (primary N) is 1. The molecule has 0 bridgehead atoms. The predicted octanol–water partition coefficient (Wildman–Crippen LogP) is 2.88. The van der Waals surface area contributed by atoms with Crippen molar-refractivity contribution in [3.63, 3.8) is 0 Å². The van der Waals surface area contributed by atoms with Crippen molar-refractivity contribution >= 4 is 15.9 Å². The highest BCUT2D eigenvalue weighted by Crippen LogP contribution is 2.33. The Bertz CT molecular complexity index is 378. The molecule has 1 aliphatic rings. The maximum atomic E-state index is 6.32. The van der Waals surface area contributed by atoms with Crippen LogP contribution < -0.4 is 10.5 Å². The maximum absolute atomic E-state index is 6.32. The third-order valence-corrected chi connectivity index (χ3v) is 3.75. The highest BCUT2D eigenvalue weighted by atomic mass is 79.9. The van der Waals surface area contributed by atoms with Gasteiger partial charge in [0.15, 0.2) is 0 Å². The van der Waals surface area contributed by atoms with E-state index in [0.29, 0.717) is 5.92 Å². The molecule has 2 N–H and O–H groups in total. The van der Waals surface area contributed by atoms with E-state index >= 15 is 0 Å². The van der Waals surface area contributed by atoms with Crippen LogP contribution >= 0.6 is 15.9 Å². The van der Waals surface area contributed by atoms with Crippen molar-refractivity contribution in [3.8, 4) is 5.75 Å². The largest absolute Gasteiger partial charge is 0.496 e. The Morgan fingerprint density at radius 1 is 1.53 bits per heavy atom. The summed E-state index contributed by atoms with van der Waals surface area (Å²) >= 11 is 3.44. The zero-order valence-electron chi connectivity index (χ0n) is 9.99. The van der Waals surface area contributed by atoms with E-state index in [4.69, 9.17) is 15.2 Å². The fourth-order valence-electron chi connectivity index (χ4n) is 2.26. The molecule has 0 spiro atoms. The zero-order valence-corrected chi connectivity index (χ0v) is 11.6. The number of halogens is 1. The summed E-state index contributed by atoms with van der Waals surface area (Å²) in [5.41, 5.74) is 7.38. The molecule has 2 atom stereocenters. The standard InChI is InChI=1S/C13H18BrNO2/c1-16-12-7-10(14)4-5-11(12)13(15)9-3-2-6-17-8-9/h4-5,7,9,13H,2-3,6,8,15H2,1H3. The molecule has 0 amide bonds. The molecule has 0 radical (unpaired) electrons. The fraction of sp³-hybridized carbons (Fsp3) is 0.538. The second-order valence-electron chi connectivity index (χ2n) is 4.39. The van der Waals surface area contributed by atoms with Gasteiger partial charge in [-0.3, -0.25) is 0 Å². The van der Waals surface area contributed by atoms with Crippen molar-refractivity contribution in [2.45, 2.75) is 18.9 Å². The number of ether oxygens (including phenoxy) is 2. The second kappa shape index (κ2) is 5.85. The van der Waals surface area contributed by atoms with Crippen LogP contribution in [0.3, 0.4) is 0 Å². The molecule has 1 saturated heterocycles. The summed E-state index contributed by atoms with van der Waals surface area (Å²) in [6, 6.07) is 5.97. The van der Waals surface area contributed by atoms with Crippen LogP contribution in [0.4, 0.5) is 0 Å². The quantitative estimate of drug-likeness (QED) is 0.933. The van der Waals surface area contributed by atoms with Gasteiger partial charge in [-0.15, -0.1) is 0 Å². The summed E-state index contributed by atoms with van der Waals surface area (Å²) in [7, 11) is 1.68. The lowest BCUT2D eigenvalue weighted by Gasteiger charge is -2.28. The van der Waals surface area contributed by atoms with Crippen molar-refractivity contribution in [2.75, 3.05) is 20.3 Å². The molecule has 0 aromatic heterocycles. The third-order valence-electron chi connectivity index (χ3n) is 3.26. The predicted molar refractivity (Wildman–Crippen MR) is 71.2 cm³/mol. The average Bonchev–Trinajstić information content (AvgIpc) is 2.39. The van der Waals surface area contributed by atoms with Gasteiger partial charge in [-0.05, 0) is 25.0 Å². The van der Waals surface area contributed by atoms with Gasteiger partial charge in [0.05, 0.1) is 13.7 Å². The minimum atomic E-state index is -0.0154. The first kappa shape index (κ1) is 12.9. The third kappa shape index (κ3) is 3.00. The van der Waals surface area contributed by atoms with E-state index < -0.39 is 0 Å². The summed E-state index contributed by atoms with van der Waals surface area (Å²) in [6.07, 6.45) is 2.22. The summed E-state index contributed by atoms with van der Waals surface area (Å²) in [5.74, 6) is 1.23. The first-order valence-corrected chi connectivity index (χ1v) is 6.68. The Labute approximate surface area is 110 Å². The Morgan fingerprint density at radius 3 is 3.00 bits per heavy atom. The van der Waals surface area contributed by atoms with Gasteiger partial charge < -0.3 is 15.2 Å². The summed E-state index contributed by atoms with van der Waals surface area (Å²) in [4.78, 5) is 0. The average molecular weight is 300 g/mol. The van der Waals surface area contributed by atoms with Crippen LogP contribution in [0.2, 0.25) is 0 Å². The molecule has 0 saturated carbocycles. The number of rotatable bonds is 3. The van der Waals surface area contributed by atoms with Gasteiger partial charge in [0.2, 0.25) is 0 Å². The van der Waals surface area contributed by atoms with Crippen LogP contribution in [-0.4, -0.2) is 20.3 Å². The molecule has 17 heavy (non-hydrogen) atoms. The Hall–Kier alpha value is -0.580. The highest BCUT2D eigenvalue weighted by Gasteiger charge is 2.24. The molecule has 1 aromatic rings. The van der Waals surface area contributed by atoms with E-state index in [1.807, 2.05) is 18.2 Å². The van der Waals surface area contributed by atoms with Gasteiger partial charge in [0.1, 0.15) is 5.75 Å². The molecule has 1 aliphatic heterocycles. The van der Waals surface area contributed by atoms with Crippen molar-refractivity contribution in [1.82, 2.24) is 0 Å². The van der Waals surface area contributed by atoms with E-state index in [1.165, 1.54) is 0 Å². The lowest BCUT2D eigenvalue weighted by atomic mass is 9.89. The number of benzene rings is 1. The van der Waals surface area contributed by atoms with Crippen LogP contribution in [0.1, 0.15) is 24.4 Å². The van der Waals surface area contributed by atoms with Gasteiger partial charge >= 0.3 is 0 Å². The first-order valence-electron chi connectivity index (χ1n) is 5.89. The van der Waals surface area contributed by atoms with Crippen LogP contribution in [0.25, 0.3) is 0 Å². The van der Waals surface area contributed by atoms with E-state index in [1.54, 1.807) is 7.11 Å². The smallest absolute Gasteiger partial charge is 0.124 e. The lowest BCUT2D eigenvalue weighted by molar-refractivity contribution is 0.0445. The molecule has 1 fully saturated rings. The number of hydrogen-bond acceptors (Lipinski definition) is 3. The van der Waals surface area contributed by atoms with Crippen molar-refractivity contribution in [2.24, 2.45) is 11.7 Å². The SMILES string of the molecule is COc1cc(Br)ccc1C(N)C1CCCOC1. The minimum Gasteiger partial charge on any atom is -0.496 e. The Balaban J connectivity index is 2.19. The molecular formula is C13H18BrNO2. The molecule has 2 unspecified atom stereocenters. The van der Waals surface area contributed by atoms with Gasteiger partial charge in [0.25, 0.3) is 0 Å². The van der Waals surface area contributed by atoms with Crippen LogP contribution in [0.15, 0.2) is 22.7 Å². The van der Waals surface area contributed by atoms with Crippen molar-refractivity contribution in [1.29, 1.82) is 0 Å². The molecule has 1 aromatic carbocycles. The lowest BCUT2D eigenvalue weighted by Crippen LogP contribution is -2.29. The Morgan fingerprint density at radius 2 is 2.35 bits per heavy atom. The van der Waals surface area contributed by atoms with Gasteiger partial charge in [-0.2, -0.15) is 0 Å². The van der Waals surface area contributed by atoms with Gasteiger partial charge in [0, 0.05) is 28.6 Å². The highest BCUT2D eigenvalue weighted by molar-refractivity contribution is 9.10. The molecule has 3 nitrogen and oxygen atoms in total. The zero-order chi connectivity index (χ0) is 12.3. The van der Waals surface area contributed by atoms with E-state index in [-0.39, 0.29) is 6.04 Å². The fourth-order valence-corrected chi connectivity index (χ4v) is 2.60. The van der Waals surface area contributed by atoms with Crippen LogP contribution in [0, 0.1) is 5.92 Å². The monoisotopic (exact) mass is 299 g/mol. The molecule has 2 rings (SSSR count). The topological polar surface area (TPSA) is 44.5 Å². The molecule has 4 heteroatoms. The molecule has 1 heterocycles. The summed E-state index contributed by atoms with van der Waals surface area (Å²) in [6.45, 7) is 1.61. The Kier molecular flexibility index (Phi) is 4.42. The minimum absolute atomic E-state index is 0.0154. The van der Waals surface area contributed by atoms with E-state index in [0.717, 1.165) is 41.8 Å². The first-order chi connectivity index (χ1) is 8.22. The van der Waals surface area contributed by atoms with Crippen LogP contribution in [0.5, 0.6) is 5.75 Å². The number of hydrogen-bond donors (Lipinski definition) is 1. The number of methoxy groups -OCH3 is 1. The van der Waals surface area contributed by atoms with Crippen molar-refractivity contribution in [3.05, 3.63) is 28.2 Å². The van der Waals surface area contributed by atoms with Crippen LogP contribution in [-0.2, 0) is 4.74 Å². The molecule has 0 aliphatic carbocycles. The maximum Gasteiger partial charge on any atom is 0.124 e. The van der Waals surface area contributed by atoms with E-state index in [2.05, 4.69) is 15.9 Å². The van der Waals surface area contributed by atoms with Gasteiger partial charge in [-0.25, -0.2) is 0 Å². The van der Waals surface area contributed by atoms with Gasteiger partial charge in [-0.1, -0.05) is 22.0 Å². The summed E-state index contributed by atoms with van der Waals surface area (Å²) in [5, 5.41) is 0.